The molecule has 78 valence electrons. The Balaban J connectivity index is 2.17. The minimum atomic E-state index is 0.305. The van der Waals surface area contributed by atoms with E-state index in [9.17, 15) is 0 Å². The van der Waals surface area contributed by atoms with Crippen molar-refractivity contribution in [2.24, 2.45) is 5.41 Å². The molecule has 0 spiro atoms. The van der Waals surface area contributed by atoms with E-state index in [0.29, 0.717) is 11.5 Å². The average molecular weight is 185 g/mol. The van der Waals surface area contributed by atoms with Crippen LogP contribution in [0.3, 0.4) is 0 Å². The molecule has 2 heteroatoms. The summed E-state index contributed by atoms with van der Waals surface area (Å²) in [7, 11) is 0. The molecule has 1 unspecified atom stereocenters. The van der Waals surface area contributed by atoms with Crippen LogP contribution in [0.15, 0.2) is 0 Å². The lowest BCUT2D eigenvalue weighted by atomic mass is 9.98. The second kappa shape index (κ2) is 4.43. The predicted octanol–water partition coefficient (Wildman–Crippen LogP) is 2.14. The van der Waals surface area contributed by atoms with Gasteiger partial charge in [0.15, 0.2) is 0 Å². The lowest BCUT2D eigenvalue weighted by Crippen LogP contribution is -2.26. The first-order valence-corrected chi connectivity index (χ1v) is 5.35. The third-order valence-electron chi connectivity index (χ3n) is 2.43. The Morgan fingerprint density at radius 1 is 1.38 bits per heavy atom. The highest BCUT2D eigenvalue weighted by molar-refractivity contribution is 4.75. The molecule has 0 amide bonds. The van der Waals surface area contributed by atoms with Crippen LogP contribution in [0.5, 0.6) is 0 Å². The van der Waals surface area contributed by atoms with Crippen molar-refractivity contribution in [1.29, 1.82) is 0 Å². The second-order valence-electron chi connectivity index (χ2n) is 5.18. The highest BCUT2D eigenvalue weighted by atomic mass is 16.5. The number of likely N-dealkylation sites (tertiary alicyclic amines) is 1. The maximum Gasteiger partial charge on any atom is 0.0714 e. The lowest BCUT2D eigenvalue weighted by molar-refractivity contribution is 0.0144. The molecule has 1 heterocycles. The molecule has 1 aliphatic heterocycles. The van der Waals surface area contributed by atoms with E-state index in [-0.39, 0.29) is 0 Å². The van der Waals surface area contributed by atoms with Crippen LogP contribution in [0.2, 0.25) is 0 Å². The number of ether oxygens (including phenoxy) is 1. The molecule has 0 radical (unpaired) electrons. The minimum Gasteiger partial charge on any atom is -0.376 e. The molecule has 0 aromatic carbocycles. The Morgan fingerprint density at radius 2 is 2.08 bits per heavy atom. The number of hydrogen-bond acceptors (Lipinski definition) is 2. The van der Waals surface area contributed by atoms with E-state index in [1.807, 2.05) is 0 Å². The fraction of sp³-hybridized carbons (Fsp3) is 1.00. The van der Waals surface area contributed by atoms with Crippen molar-refractivity contribution in [2.75, 3.05) is 26.2 Å². The van der Waals surface area contributed by atoms with Gasteiger partial charge in [0.1, 0.15) is 0 Å². The third kappa shape index (κ3) is 4.10. The van der Waals surface area contributed by atoms with Gasteiger partial charge >= 0.3 is 0 Å². The summed E-state index contributed by atoms with van der Waals surface area (Å²) in [5.74, 6) is 0. The first-order chi connectivity index (χ1) is 6.01. The van der Waals surface area contributed by atoms with E-state index in [2.05, 4.69) is 32.6 Å². The molecule has 2 nitrogen and oxygen atoms in total. The van der Waals surface area contributed by atoms with Gasteiger partial charge in [-0.3, -0.25) is 0 Å². The molecular weight excluding hydrogens is 162 g/mol. The predicted molar refractivity (Wildman–Crippen MR) is 55.9 cm³/mol. The summed E-state index contributed by atoms with van der Waals surface area (Å²) in [6.45, 7) is 13.3. The van der Waals surface area contributed by atoms with E-state index in [1.165, 1.54) is 13.0 Å². The fourth-order valence-corrected chi connectivity index (χ4v) is 1.59. The first kappa shape index (κ1) is 11.0. The number of nitrogens with zero attached hydrogens (tertiary/aromatic N) is 1. The summed E-state index contributed by atoms with van der Waals surface area (Å²) in [4.78, 5) is 2.45. The van der Waals surface area contributed by atoms with Crippen molar-refractivity contribution >= 4 is 0 Å². The quantitative estimate of drug-likeness (QED) is 0.668. The van der Waals surface area contributed by atoms with Crippen LogP contribution in [0.1, 0.15) is 34.1 Å². The number of rotatable bonds is 3. The van der Waals surface area contributed by atoms with Crippen molar-refractivity contribution in [3.05, 3.63) is 0 Å². The molecular formula is C11H23NO. The molecule has 13 heavy (non-hydrogen) atoms. The van der Waals surface area contributed by atoms with Crippen LogP contribution in [0.4, 0.5) is 0 Å². The van der Waals surface area contributed by atoms with Gasteiger partial charge in [0.05, 0.1) is 12.7 Å². The Bertz CT molecular complexity index is 151. The van der Waals surface area contributed by atoms with Crippen LogP contribution in [0, 0.1) is 5.41 Å². The first-order valence-electron chi connectivity index (χ1n) is 5.35. The SMILES string of the molecule is CCN1CCC(OCC(C)(C)C)C1. The number of likely N-dealkylation sites (N-methyl/N-ethyl adjacent to an activating group) is 1. The van der Waals surface area contributed by atoms with E-state index in [1.54, 1.807) is 0 Å². The van der Waals surface area contributed by atoms with Gasteiger partial charge in [-0.2, -0.15) is 0 Å². The zero-order chi connectivity index (χ0) is 9.90. The Morgan fingerprint density at radius 3 is 2.54 bits per heavy atom. The Hall–Kier alpha value is -0.0800. The molecule has 0 saturated carbocycles. The highest BCUT2D eigenvalue weighted by Gasteiger charge is 2.23. The van der Waals surface area contributed by atoms with E-state index in [0.717, 1.165) is 19.7 Å². The Labute approximate surface area is 82.3 Å². The molecule has 0 aliphatic carbocycles. The summed E-state index contributed by atoms with van der Waals surface area (Å²) in [5, 5.41) is 0. The average Bonchev–Trinajstić information content (AvgIpc) is 2.47. The van der Waals surface area contributed by atoms with Gasteiger partial charge < -0.3 is 9.64 Å². The maximum atomic E-state index is 5.86. The largest absolute Gasteiger partial charge is 0.376 e. The van der Waals surface area contributed by atoms with Gasteiger partial charge in [-0.05, 0) is 18.4 Å². The van der Waals surface area contributed by atoms with Gasteiger partial charge in [-0.25, -0.2) is 0 Å². The standard InChI is InChI=1S/C11H23NO/c1-5-12-7-6-10(8-12)13-9-11(2,3)4/h10H,5-9H2,1-4H3. The molecule has 1 atom stereocenters. The van der Waals surface area contributed by atoms with Crippen LogP contribution in [0.25, 0.3) is 0 Å². The lowest BCUT2D eigenvalue weighted by Gasteiger charge is -2.21. The summed E-state index contributed by atoms with van der Waals surface area (Å²) < 4.78 is 5.86. The number of hydrogen-bond donors (Lipinski definition) is 0. The van der Waals surface area contributed by atoms with Crippen LogP contribution in [-0.2, 0) is 4.74 Å². The van der Waals surface area contributed by atoms with Crippen molar-refractivity contribution in [3.63, 3.8) is 0 Å². The third-order valence-corrected chi connectivity index (χ3v) is 2.43. The minimum absolute atomic E-state index is 0.305. The zero-order valence-corrected chi connectivity index (χ0v) is 9.47. The highest BCUT2D eigenvalue weighted by Crippen LogP contribution is 2.18. The topological polar surface area (TPSA) is 12.5 Å². The molecule has 1 aliphatic rings. The maximum absolute atomic E-state index is 5.86. The van der Waals surface area contributed by atoms with Crippen LogP contribution in [-0.4, -0.2) is 37.2 Å². The molecule has 0 aromatic heterocycles. The van der Waals surface area contributed by atoms with Crippen LogP contribution < -0.4 is 0 Å². The summed E-state index contributed by atoms with van der Waals surface area (Å²) in [6, 6.07) is 0. The van der Waals surface area contributed by atoms with E-state index >= 15 is 0 Å². The molecule has 1 rings (SSSR count). The molecule has 0 bridgehead atoms. The molecule has 0 N–H and O–H groups in total. The summed E-state index contributed by atoms with van der Waals surface area (Å²) >= 11 is 0. The zero-order valence-electron chi connectivity index (χ0n) is 9.47. The smallest absolute Gasteiger partial charge is 0.0714 e. The van der Waals surface area contributed by atoms with Crippen molar-refractivity contribution in [3.8, 4) is 0 Å². The summed E-state index contributed by atoms with van der Waals surface area (Å²) in [5.41, 5.74) is 0.305. The van der Waals surface area contributed by atoms with Gasteiger partial charge in [0, 0.05) is 13.1 Å². The monoisotopic (exact) mass is 185 g/mol. The van der Waals surface area contributed by atoms with Gasteiger partial charge in [-0.15, -0.1) is 0 Å². The normalized spacial score (nSPS) is 25.4. The summed E-state index contributed by atoms with van der Waals surface area (Å²) in [6.07, 6.45) is 1.70. The molecule has 1 fully saturated rings. The Kier molecular flexibility index (Phi) is 3.74. The van der Waals surface area contributed by atoms with Gasteiger partial charge in [0.25, 0.3) is 0 Å². The van der Waals surface area contributed by atoms with E-state index < -0.39 is 0 Å². The molecule has 1 saturated heterocycles. The van der Waals surface area contributed by atoms with E-state index in [4.69, 9.17) is 4.74 Å². The molecule has 0 aromatic rings. The van der Waals surface area contributed by atoms with Crippen molar-refractivity contribution in [2.45, 2.75) is 40.2 Å². The van der Waals surface area contributed by atoms with Gasteiger partial charge in [-0.1, -0.05) is 27.7 Å². The van der Waals surface area contributed by atoms with Crippen molar-refractivity contribution in [1.82, 2.24) is 4.90 Å². The second-order valence-corrected chi connectivity index (χ2v) is 5.18. The van der Waals surface area contributed by atoms with Crippen molar-refractivity contribution < 1.29 is 4.74 Å². The fourth-order valence-electron chi connectivity index (χ4n) is 1.59. The van der Waals surface area contributed by atoms with Crippen LogP contribution >= 0.6 is 0 Å². The van der Waals surface area contributed by atoms with Gasteiger partial charge in [0.2, 0.25) is 0 Å².